The van der Waals surface area contributed by atoms with Crippen LogP contribution in [0.15, 0.2) is 12.1 Å². The molecule has 0 unspecified atom stereocenters. The van der Waals surface area contributed by atoms with Crippen LogP contribution in [0.5, 0.6) is 0 Å². The van der Waals surface area contributed by atoms with Gasteiger partial charge in [-0.3, -0.25) is 0 Å². The summed E-state index contributed by atoms with van der Waals surface area (Å²) in [5.74, 6) is 0.647. The SMILES string of the molecule is Cc1cc(CCC(C)(C)CCNCC(C)C)cc(C)c1F. The average Bonchev–Trinajstić information content (AvgIpc) is 2.38. The van der Waals surface area contributed by atoms with Crippen molar-refractivity contribution in [3.8, 4) is 0 Å². The quantitative estimate of drug-likeness (QED) is 0.662. The smallest absolute Gasteiger partial charge is 0.129 e. The molecular formula is C19H32FN. The summed E-state index contributed by atoms with van der Waals surface area (Å²) in [6.45, 7) is 15.0. The minimum absolute atomic E-state index is 0.0594. The first-order valence-corrected chi connectivity index (χ1v) is 8.17. The molecule has 1 aromatic rings. The van der Waals surface area contributed by atoms with E-state index in [-0.39, 0.29) is 5.82 Å². The number of nitrogens with one attached hydrogen (secondary N) is 1. The molecule has 1 aromatic carbocycles. The Labute approximate surface area is 130 Å². The highest BCUT2D eigenvalue weighted by Gasteiger charge is 2.17. The molecule has 0 aliphatic carbocycles. The highest BCUT2D eigenvalue weighted by atomic mass is 19.1. The normalized spacial score (nSPS) is 12.2. The fourth-order valence-electron chi connectivity index (χ4n) is 2.61. The minimum Gasteiger partial charge on any atom is -0.316 e. The molecule has 21 heavy (non-hydrogen) atoms. The maximum Gasteiger partial charge on any atom is 0.129 e. The van der Waals surface area contributed by atoms with Crippen LogP contribution in [0.3, 0.4) is 0 Å². The van der Waals surface area contributed by atoms with Gasteiger partial charge in [0.2, 0.25) is 0 Å². The number of aryl methyl sites for hydroxylation is 3. The van der Waals surface area contributed by atoms with Gasteiger partial charge in [0.1, 0.15) is 5.82 Å². The van der Waals surface area contributed by atoms with Crippen LogP contribution in [0.1, 0.15) is 57.2 Å². The molecule has 1 nitrogen and oxygen atoms in total. The molecule has 0 aliphatic heterocycles. The topological polar surface area (TPSA) is 12.0 Å². The van der Waals surface area contributed by atoms with Crippen molar-refractivity contribution in [3.63, 3.8) is 0 Å². The van der Waals surface area contributed by atoms with Crippen molar-refractivity contribution in [3.05, 3.63) is 34.6 Å². The van der Waals surface area contributed by atoms with Crippen molar-refractivity contribution in [1.82, 2.24) is 5.32 Å². The molecule has 0 heterocycles. The maximum atomic E-state index is 13.6. The Balaban J connectivity index is 2.45. The number of halogens is 1. The summed E-state index contributed by atoms with van der Waals surface area (Å²) in [5.41, 5.74) is 3.11. The number of benzene rings is 1. The fraction of sp³-hybridized carbons (Fsp3) is 0.684. The number of hydrogen-bond donors (Lipinski definition) is 1. The number of hydrogen-bond acceptors (Lipinski definition) is 1. The lowest BCUT2D eigenvalue weighted by atomic mass is 9.83. The molecule has 0 aliphatic rings. The van der Waals surface area contributed by atoms with Gasteiger partial charge < -0.3 is 5.32 Å². The molecule has 0 atom stereocenters. The van der Waals surface area contributed by atoms with Crippen LogP contribution in [0.2, 0.25) is 0 Å². The van der Waals surface area contributed by atoms with Crippen molar-refractivity contribution >= 4 is 0 Å². The van der Waals surface area contributed by atoms with Crippen LogP contribution in [0.4, 0.5) is 4.39 Å². The molecule has 0 radical (unpaired) electrons. The van der Waals surface area contributed by atoms with Gasteiger partial charge in [0.05, 0.1) is 0 Å². The fourth-order valence-corrected chi connectivity index (χ4v) is 2.61. The van der Waals surface area contributed by atoms with Crippen LogP contribution in [0, 0.1) is 31.0 Å². The van der Waals surface area contributed by atoms with Crippen LogP contribution < -0.4 is 5.32 Å². The summed E-state index contributed by atoms with van der Waals surface area (Å²) >= 11 is 0. The molecule has 0 amide bonds. The Kier molecular flexibility index (Phi) is 6.86. The maximum absolute atomic E-state index is 13.6. The molecule has 0 saturated carbocycles. The van der Waals surface area contributed by atoms with Crippen molar-refractivity contribution in [2.75, 3.05) is 13.1 Å². The van der Waals surface area contributed by atoms with Gasteiger partial charge in [-0.05, 0) is 74.2 Å². The zero-order chi connectivity index (χ0) is 16.0. The van der Waals surface area contributed by atoms with E-state index in [4.69, 9.17) is 0 Å². The van der Waals surface area contributed by atoms with E-state index < -0.39 is 0 Å². The Morgan fingerprint density at radius 1 is 1.10 bits per heavy atom. The van der Waals surface area contributed by atoms with E-state index in [0.29, 0.717) is 11.3 Å². The molecule has 0 spiro atoms. The molecule has 1 rings (SSSR count). The highest BCUT2D eigenvalue weighted by Crippen LogP contribution is 2.27. The molecule has 120 valence electrons. The van der Waals surface area contributed by atoms with Gasteiger partial charge in [0.25, 0.3) is 0 Å². The summed E-state index contributed by atoms with van der Waals surface area (Å²) < 4.78 is 13.6. The predicted octanol–water partition coefficient (Wildman–Crippen LogP) is 5.04. The summed E-state index contributed by atoms with van der Waals surface area (Å²) in [6, 6.07) is 3.99. The first kappa shape index (κ1) is 18.2. The van der Waals surface area contributed by atoms with Gasteiger partial charge in [-0.15, -0.1) is 0 Å². The monoisotopic (exact) mass is 293 g/mol. The van der Waals surface area contributed by atoms with Crippen molar-refractivity contribution in [2.45, 2.75) is 60.8 Å². The molecule has 0 bridgehead atoms. The molecule has 1 N–H and O–H groups in total. The summed E-state index contributed by atoms with van der Waals surface area (Å²) in [4.78, 5) is 0. The van der Waals surface area contributed by atoms with Crippen LogP contribution in [0.25, 0.3) is 0 Å². The van der Waals surface area contributed by atoms with E-state index >= 15 is 0 Å². The lowest BCUT2D eigenvalue weighted by Crippen LogP contribution is -2.25. The van der Waals surface area contributed by atoms with E-state index in [0.717, 1.165) is 37.1 Å². The van der Waals surface area contributed by atoms with E-state index in [1.54, 1.807) is 0 Å². The Bertz CT molecular complexity index is 426. The van der Waals surface area contributed by atoms with Crippen molar-refractivity contribution < 1.29 is 4.39 Å². The lowest BCUT2D eigenvalue weighted by molar-refractivity contribution is 0.300. The molecule has 0 fully saturated rings. The largest absolute Gasteiger partial charge is 0.316 e. The molecule has 0 aromatic heterocycles. The molecule has 0 saturated heterocycles. The van der Waals surface area contributed by atoms with Crippen LogP contribution in [-0.4, -0.2) is 13.1 Å². The van der Waals surface area contributed by atoms with E-state index in [9.17, 15) is 4.39 Å². The van der Waals surface area contributed by atoms with E-state index in [1.165, 1.54) is 12.0 Å². The lowest BCUT2D eigenvalue weighted by Gasteiger charge is -2.25. The Hall–Kier alpha value is -0.890. The first-order valence-electron chi connectivity index (χ1n) is 8.17. The van der Waals surface area contributed by atoms with Gasteiger partial charge in [-0.25, -0.2) is 4.39 Å². The number of rotatable bonds is 8. The standard InChI is InChI=1S/C19H32FN/c1-14(2)13-21-10-9-19(5,6)8-7-17-11-15(3)18(20)16(4)12-17/h11-12,14,21H,7-10,13H2,1-6H3. The first-order chi connectivity index (χ1) is 9.71. The second kappa shape index (κ2) is 7.93. The molecular weight excluding hydrogens is 261 g/mol. The summed E-state index contributed by atoms with van der Waals surface area (Å²) in [7, 11) is 0. The highest BCUT2D eigenvalue weighted by molar-refractivity contribution is 5.30. The third-order valence-corrected chi connectivity index (χ3v) is 4.12. The third-order valence-electron chi connectivity index (χ3n) is 4.12. The second-order valence-electron chi connectivity index (χ2n) is 7.56. The van der Waals surface area contributed by atoms with E-state index in [1.807, 2.05) is 26.0 Å². The second-order valence-corrected chi connectivity index (χ2v) is 7.56. The van der Waals surface area contributed by atoms with E-state index in [2.05, 4.69) is 33.0 Å². The Morgan fingerprint density at radius 2 is 1.67 bits per heavy atom. The van der Waals surface area contributed by atoms with Crippen LogP contribution in [-0.2, 0) is 6.42 Å². The minimum atomic E-state index is -0.0594. The zero-order valence-corrected chi connectivity index (χ0v) is 14.6. The Morgan fingerprint density at radius 3 is 2.19 bits per heavy atom. The average molecular weight is 293 g/mol. The van der Waals surface area contributed by atoms with Crippen molar-refractivity contribution in [2.24, 2.45) is 11.3 Å². The summed E-state index contributed by atoms with van der Waals surface area (Å²) in [6.07, 6.45) is 3.35. The van der Waals surface area contributed by atoms with Gasteiger partial charge in [0, 0.05) is 0 Å². The van der Waals surface area contributed by atoms with Gasteiger partial charge in [-0.1, -0.05) is 39.8 Å². The summed E-state index contributed by atoms with van der Waals surface area (Å²) in [5, 5.41) is 3.52. The zero-order valence-electron chi connectivity index (χ0n) is 14.6. The van der Waals surface area contributed by atoms with Crippen LogP contribution >= 0.6 is 0 Å². The van der Waals surface area contributed by atoms with Crippen molar-refractivity contribution in [1.29, 1.82) is 0 Å². The van der Waals surface area contributed by atoms with Gasteiger partial charge >= 0.3 is 0 Å². The predicted molar refractivity (Wildman–Crippen MR) is 90.3 cm³/mol. The van der Waals surface area contributed by atoms with Gasteiger partial charge in [0.15, 0.2) is 0 Å². The molecule has 2 heteroatoms. The third kappa shape index (κ3) is 6.60. The van der Waals surface area contributed by atoms with Gasteiger partial charge in [-0.2, -0.15) is 0 Å².